The predicted octanol–water partition coefficient (Wildman–Crippen LogP) is 3.24. The van der Waals surface area contributed by atoms with Gasteiger partial charge in [-0.1, -0.05) is 11.3 Å². The van der Waals surface area contributed by atoms with Gasteiger partial charge in [0.1, 0.15) is 33.5 Å². The van der Waals surface area contributed by atoms with Crippen molar-refractivity contribution < 1.29 is 23.4 Å². The second-order valence-corrected chi connectivity index (χ2v) is 11.6. The van der Waals surface area contributed by atoms with Crippen LogP contribution in [-0.2, 0) is 20.8 Å². The first-order valence-electron chi connectivity index (χ1n) is 14.1. The van der Waals surface area contributed by atoms with Gasteiger partial charge in [0.2, 0.25) is 5.91 Å². The van der Waals surface area contributed by atoms with E-state index in [1.165, 1.54) is 65.5 Å². The third-order valence-electron chi connectivity index (χ3n) is 7.69. The van der Waals surface area contributed by atoms with Crippen LogP contribution >= 0.6 is 11.3 Å². The summed E-state index contributed by atoms with van der Waals surface area (Å²) < 4.78 is 33.9. The Morgan fingerprint density at radius 3 is 2.53 bits per heavy atom. The molecular formula is C29H35FN6O6S. The molecule has 0 N–H and O–H groups in total. The summed E-state index contributed by atoms with van der Waals surface area (Å²) >= 11 is 1.18. The summed E-state index contributed by atoms with van der Waals surface area (Å²) in [4.78, 5) is 45.6. The number of piperidine rings is 1. The Morgan fingerprint density at radius 1 is 1.12 bits per heavy atom. The van der Waals surface area contributed by atoms with E-state index in [4.69, 9.17) is 14.2 Å². The molecule has 1 aliphatic heterocycles. The zero-order valence-electron chi connectivity index (χ0n) is 24.8. The quantitative estimate of drug-likeness (QED) is 0.236. The van der Waals surface area contributed by atoms with Crippen LogP contribution in [0, 0.1) is 12.7 Å². The Bertz CT molecular complexity index is 1730. The van der Waals surface area contributed by atoms with Crippen LogP contribution in [0.2, 0.25) is 0 Å². The Morgan fingerprint density at radius 2 is 1.86 bits per heavy atom. The molecule has 0 aliphatic carbocycles. The van der Waals surface area contributed by atoms with Crippen molar-refractivity contribution in [3.63, 3.8) is 0 Å². The van der Waals surface area contributed by atoms with Crippen LogP contribution in [0.4, 0.5) is 4.39 Å². The summed E-state index contributed by atoms with van der Waals surface area (Å²) in [5, 5.41) is 9.30. The highest BCUT2D eigenvalue weighted by Crippen LogP contribution is 2.34. The van der Waals surface area contributed by atoms with Gasteiger partial charge >= 0.3 is 5.69 Å². The van der Waals surface area contributed by atoms with Crippen LogP contribution in [0.3, 0.4) is 0 Å². The molecule has 43 heavy (non-hydrogen) atoms. The van der Waals surface area contributed by atoms with Gasteiger partial charge < -0.3 is 19.1 Å². The fourth-order valence-electron chi connectivity index (χ4n) is 5.57. The van der Waals surface area contributed by atoms with E-state index in [0.29, 0.717) is 46.1 Å². The Labute approximate surface area is 251 Å². The molecule has 1 saturated heterocycles. The van der Waals surface area contributed by atoms with Gasteiger partial charge in [-0.3, -0.25) is 14.2 Å². The first-order chi connectivity index (χ1) is 20.7. The van der Waals surface area contributed by atoms with Crippen LogP contribution in [-0.4, -0.2) is 75.0 Å². The standard InChI is InChI=1S/C29H35FN6O6S/c1-17(2)33-12-6-7-21(25(33)37)35-26(38)24-18(3)27(36-31-10-11-32-36)43-28(24)34(29(35)39)16-23(42-14-13-40-4)20-15-19(30)8-9-22(20)41-5/h8-11,15,17,21,23H,6-7,12-14,16H2,1-5H3/t21-,23+/m1/s1. The summed E-state index contributed by atoms with van der Waals surface area (Å²) in [5.41, 5.74) is -0.239. The van der Waals surface area contributed by atoms with Gasteiger partial charge in [0, 0.05) is 30.8 Å². The van der Waals surface area contributed by atoms with Gasteiger partial charge in [0.05, 0.1) is 44.6 Å². The normalized spacial score (nSPS) is 16.4. The fourth-order valence-corrected chi connectivity index (χ4v) is 6.79. The van der Waals surface area contributed by atoms with Gasteiger partial charge in [-0.15, -0.1) is 4.80 Å². The topological polar surface area (TPSA) is 123 Å². The van der Waals surface area contributed by atoms with Crippen molar-refractivity contribution >= 4 is 27.5 Å². The molecule has 1 amide bonds. The summed E-state index contributed by atoms with van der Waals surface area (Å²) in [5.74, 6) is -0.396. The highest BCUT2D eigenvalue weighted by molar-refractivity contribution is 7.21. The number of rotatable bonds is 11. The average molecular weight is 615 g/mol. The van der Waals surface area contributed by atoms with Crippen molar-refractivity contribution in [3.8, 4) is 10.8 Å². The van der Waals surface area contributed by atoms with Crippen molar-refractivity contribution in [1.29, 1.82) is 0 Å². The molecule has 0 bridgehead atoms. The number of benzene rings is 1. The lowest BCUT2D eigenvalue weighted by Gasteiger charge is -2.35. The summed E-state index contributed by atoms with van der Waals surface area (Å²) in [6.07, 6.45) is 3.17. The molecule has 3 aromatic heterocycles. The number of hydrogen-bond acceptors (Lipinski definition) is 9. The van der Waals surface area contributed by atoms with Crippen LogP contribution in [0.25, 0.3) is 15.2 Å². The van der Waals surface area contributed by atoms with E-state index >= 15 is 0 Å². The third-order valence-corrected chi connectivity index (χ3v) is 8.97. The van der Waals surface area contributed by atoms with Gasteiger partial charge in [0.25, 0.3) is 5.56 Å². The molecule has 4 aromatic rings. The van der Waals surface area contributed by atoms with Crippen molar-refractivity contribution in [3.05, 3.63) is 68.4 Å². The molecule has 230 valence electrons. The van der Waals surface area contributed by atoms with Gasteiger partial charge in [-0.2, -0.15) is 10.2 Å². The summed E-state index contributed by atoms with van der Waals surface area (Å²) in [7, 11) is 3.00. The van der Waals surface area contributed by atoms with Gasteiger partial charge in [-0.25, -0.2) is 13.8 Å². The minimum atomic E-state index is -0.964. The molecule has 1 aromatic carbocycles. The molecular weight excluding hydrogens is 579 g/mol. The molecule has 5 rings (SSSR count). The number of halogens is 1. The maximum atomic E-state index is 14.5. The number of aryl methyl sites for hydroxylation is 1. The largest absolute Gasteiger partial charge is 0.496 e. The lowest BCUT2D eigenvalue weighted by Crippen LogP contribution is -2.52. The van der Waals surface area contributed by atoms with E-state index in [1.807, 2.05) is 13.8 Å². The van der Waals surface area contributed by atoms with Crippen LogP contribution in [0.15, 0.2) is 40.2 Å². The highest BCUT2D eigenvalue weighted by Gasteiger charge is 2.35. The average Bonchev–Trinajstić information content (AvgIpc) is 3.63. The van der Waals surface area contributed by atoms with Crippen LogP contribution in [0.5, 0.6) is 5.75 Å². The van der Waals surface area contributed by atoms with E-state index in [0.717, 1.165) is 4.57 Å². The summed E-state index contributed by atoms with van der Waals surface area (Å²) in [6.45, 7) is 6.45. The van der Waals surface area contributed by atoms with Gasteiger partial charge in [-0.05, 0) is 51.8 Å². The maximum absolute atomic E-state index is 14.5. The Hall–Kier alpha value is -3.88. The fraction of sp³-hybridized carbons (Fsp3) is 0.483. The van der Waals surface area contributed by atoms with Crippen molar-refractivity contribution in [2.24, 2.45) is 0 Å². The predicted molar refractivity (Wildman–Crippen MR) is 159 cm³/mol. The first-order valence-corrected chi connectivity index (χ1v) is 14.9. The number of carbonyl (C=O) groups is 1. The zero-order chi connectivity index (χ0) is 30.8. The smallest absolute Gasteiger partial charge is 0.332 e. The number of ether oxygens (including phenoxy) is 3. The second kappa shape index (κ2) is 12.8. The number of amides is 1. The molecule has 14 heteroatoms. The van der Waals surface area contributed by atoms with E-state index in [2.05, 4.69) is 10.2 Å². The molecule has 0 radical (unpaired) electrons. The monoisotopic (exact) mass is 614 g/mol. The maximum Gasteiger partial charge on any atom is 0.332 e. The highest BCUT2D eigenvalue weighted by atomic mass is 32.1. The Kier molecular flexibility index (Phi) is 9.08. The molecule has 1 fully saturated rings. The number of fused-ring (bicyclic) bond motifs is 1. The third kappa shape index (κ3) is 5.74. The van der Waals surface area contributed by atoms with E-state index in [1.54, 1.807) is 11.8 Å². The van der Waals surface area contributed by atoms with Crippen molar-refractivity contribution in [1.82, 2.24) is 29.0 Å². The number of hydrogen-bond donors (Lipinski definition) is 0. The van der Waals surface area contributed by atoms with E-state index in [-0.39, 0.29) is 37.1 Å². The molecule has 0 unspecified atom stereocenters. The number of carbonyl (C=O) groups excluding carboxylic acids is 1. The van der Waals surface area contributed by atoms with Gasteiger partial charge in [0.15, 0.2) is 0 Å². The molecule has 1 aliphatic rings. The minimum Gasteiger partial charge on any atom is -0.496 e. The summed E-state index contributed by atoms with van der Waals surface area (Å²) in [6, 6.07) is 3.03. The molecule has 2 atom stereocenters. The van der Waals surface area contributed by atoms with Crippen molar-refractivity contribution in [2.75, 3.05) is 34.0 Å². The van der Waals surface area contributed by atoms with E-state index < -0.39 is 29.2 Å². The first kappa shape index (κ1) is 30.6. The number of aromatic nitrogens is 5. The van der Waals surface area contributed by atoms with Crippen molar-refractivity contribution in [2.45, 2.75) is 58.3 Å². The SMILES string of the molecule is COCCO[C@@H](Cn1c(=O)n([C@@H]2CCCN(C(C)C)C2=O)c(=O)c2c(C)c(-n3nccn3)sc21)c1cc(F)ccc1OC. The molecule has 0 spiro atoms. The number of likely N-dealkylation sites (tertiary alicyclic amines) is 1. The number of methoxy groups -OCH3 is 2. The van der Waals surface area contributed by atoms with E-state index in [9.17, 15) is 18.8 Å². The minimum absolute atomic E-state index is 0.0867. The van der Waals surface area contributed by atoms with Crippen LogP contribution in [0.1, 0.15) is 50.0 Å². The molecule has 0 saturated carbocycles. The number of nitrogens with zero attached hydrogens (tertiary/aromatic N) is 6. The lowest BCUT2D eigenvalue weighted by atomic mass is 10.0. The second-order valence-electron chi connectivity index (χ2n) is 10.6. The number of thiophene rings is 1. The van der Waals surface area contributed by atoms with Crippen LogP contribution < -0.4 is 16.0 Å². The molecule has 4 heterocycles. The zero-order valence-corrected chi connectivity index (χ0v) is 25.6. The lowest BCUT2D eigenvalue weighted by molar-refractivity contribution is -0.139. The molecule has 12 nitrogen and oxygen atoms in total. The Balaban J connectivity index is 1.75.